The molecule has 0 aromatic carbocycles. The molecule has 5 heteroatoms. The number of carboxylic acid groups (broad SMARTS) is 1. The smallest absolute Gasteiger partial charge is 0.338 e. The van der Waals surface area contributed by atoms with Gasteiger partial charge in [-0.15, -0.1) is 0 Å². The van der Waals surface area contributed by atoms with E-state index in [4.69, 9.17) is 19.3 Å². The Bertz CT molecular complexity index is 212. The highest BCUT2D eigenvalue weighted by atomic mass is 16.6. The minimum absolute atomic E-state index is 0.0515. The molecule has 5 nitrogen and oxygen atoms in total. The van der Waals surface area contributed by atoms with Crippen LogP contribution in [0, 0.1) is 5.92 Å². The molecule has 1 rings (SSSR count). The van der Waals surface area contributed by atoms with Gasteiger partial charge < -0.3 is 19.3 Å². The number of carbonyl (C=O) groups is 1. The number of methoxy groups -OCH3 is 1. The molecule has 0 aromatic rings. The molecule has 1 fully saturated rings. The lowest BCUT2D eigenvalue weighted by Gasteiger charge is -2.25. The van der Waals surface area contributed by atoms with Crippen molar-refractivity contribution in [1.29, 1.82) is 0 Å². The Kier molecular flexibility index (Phi) is 4.50. The Morgan fingerprint density at radius 2 is 2.40 bits per heavy atom. The fourth-order valence-corrected chi connectivity index (χ4v) is 1.46. The van der Waals surface area contributed by atoms with Gasteiger partial charge in [0.25, 0.3) is 0 Å². The van der Waals surface area contributed by atoms with Gasteiger partial charge in [-0.25, -0.2) is 4.79 Å². The van der Waals surface area contributed by atoms with E-state index in [-0.39, 0.29) is 6.61 Å². The van der Waals surface area contributed by atoms with Gasteiger partial charge >= 0.3 is 5.97 Å². The van der Waals surface area contributed by atoms with Crippen LogP contribution in [0.25, 0.3) is 0 Å². The number of hydrogen-bond donors (Lipinski definition) is 1. The van der Waals surface area contributed by atoms with Crippen molar-refractivity contribution >= 4 is 5.97 Å². The maximum atomic E-state index is 11.0. The monoisotopic (exact) mass is 218 g/mol. The molecule has 15 heavy (non-hydrogen) atoms. The lowest BCUT2D eigenvalue weighted by Crippen LogP contribution is -2.43. The molecule has 0 aromatic heterocycles. The fraction of sp³-hybridized carbons (Fsp3) is 0.900. The number of hydrogen-bond acceptors (Lipinski definition) is 4. The molecule has 1 N–H and O–H groups in total. The minimum atomic E-state index is -1.25. The molecule has 0 bridgehead atoms. The third-order valence-corrected chi connectivity index (χ3v) is 2.53. The lowest BCUT2D eigenvalue weighted by molar-refractivity contribution is -0.172. The summed E-state index contributed by atoms with van der Waals surface area (Å²) in [5.41, 5.74) is -1.25. The van der Waals surface area contributed by atoms with Crippen LogP contribution in [0.3, 0.4) is 0 Å². The summed E-state index contributed by atoms with van der Waals surface area (Å²) in [6.07, 6.45) is 0.933. The normalized spacial score (nSPS) is 25.1. The van der Waals surface area contributed by atoms with Crippen LogP contribution in [-0.4, -0.2) is 50.2 Å². The van der Waals surface area contributed by atoms with E-state index in [0.717, 1.165) is 13.0 Å². The quantitative estimate of drug-likeness (QED) is 0.704. The summed E-state index contributed by atoms with van der Waals surface area (Å²) in [7, 11) is 1.46. The van der Waals surface area contributed by atoms with Gasteiger partial charge in [0.2, 0.25) is 0 Å². The van der Waals surface area contributed by atoms with E-state index in [1.165, 1.54) is 14.0 Å². The molecule has 0 aliphatic carbocycles. The SMILES string of the molecule is COCC(C)(OCC1CCOC1)C(=O)O. The van der Waals surface area contributed by atoms with Gasteiger partial charge in [-0.1, -0.05) is 0 Å². The first kappa shape index (κ1) is 12.4. The molecule has 1 aliphatic rings. The molecule has 1 heterocycles. The highest BCUT2D eigenvalue weighted by molar-refractivity contribution is 5.77. The zero-order valence-corrected chi connectivity index (χ0v) is 9.19. The third-order valence-electron chi connectivity index (χ3n) is 2.53. The summed E-state index contributed by atoms with van der Waals surface area (Å²) in [6.45, 7) is 3.38. The number of ether oxygens (including phenoxy) is 3. The molecule has 1 saturated heterocycles. The first-order valence-corrected chi connectivity index (χ1v) is 5.02. The average Bonchev–Trinajstić information content (AvgIpc) is 2.67. The summed E-state index contributed by atoms with van der Waals surface area (Å²) < 4.78 is 15.4. The summed E-state index contributed by atoms with van der Waals surface area (Å²) in [6, 6.07) is 0. The van der Waals surface area contributed by atoms with Gasteiger partial charge in [0, 0.05) is 19.6 Å². The predicted molar refractivity (Wildman–Crippen MR) is 52.8 cm³/mol. The maximum absolute atomic E-state index is 11.0. The van der Waals surface area contributed by atoms with Crippen LogP contribution >= 0.6 is 0 Å². The van der Waals surface area contributed by atoms with Crippen molar-refractivity contribution in [2.75, 3.05) is 33.5 Å². The van der Waals surface area contributed by atoms with E-state index in [2.05, 4.69) is 0 Å². The molecular formula is C10H18O5. The van der Waals surface area contributed by atoms with Crippen LogP contribution in [0.4, 0.5) is 0 Å². The van der Waals surface area contributed by atoms with Crippen molar-refractivity contribution in [3.05, 3.63) is 0 Å². The molecule has 88 valence electrons. The zero-order valence-electron chi connectivity index (χ0n) is 9.19. The Labute approximate surface area is 89.3 Å². The van der Waals surface area contributed by atoms with Crippen LogP contribution < -0.4 is 0 Å². The summed E-state index contributed by atoms with van der Waals surface area (Å²) >= 11 is 0. The van der Waals surface area contributed by atoms with E-state index in [1.54, 1.807) is 0 Å². The minimum Gasteiger partial charge on any atom is -0.479 e. The van der Waals surface area contributed by atoms with Crippen molar-refractivity contribution in [2.24, 2.45) is 5.92 Å². The van der Waals surface area contributed by atoms with Gasteiger partial charge in [-0.2, -0.15) is 0 Å². The highest BCUT2D eigenvalue weighted by Crippen LogP contribution is 2.18. The molecule has 2 atom stereocenters. The first-order valence-electron chi connectivity index (χ1n) is 5.02. The van der Waals surface area contributed by atoms with Crippen LogP contribution in [-0.2, 0) is 19.0 Å². The standard InChI is InChI=1S/C10H18O5/c1-10(7-13-2,9(11)12)15-6-8-3-4-14-5-8/h8H,3-7H2,1-2H3,(H,11,12). The van der Waals surface area contributed by atoms with E-state index in [9.17, 15) is 4.79 Å². The topological polar surface area (TPSA) is 65.0 Å². The average molecular weight is 218 g/mol. The third kappa shape index (κ3) is 3.44. The Morgan fingerprint density at radius 1 is 1.67 bits per heavy atom. The molecule has 0 spiro atoms. The second kappa shape index (κ2) is 5.44. The largest absolute Gasteiger partial charge is 0.479 e. The highest BCUT2D eigenvalue weighted by Gasteiger charge is 2.35. The number of carboxylic acids is 1. The Morgan fingerprint density at radius 3 is 2.87 bits per heavy atom. The van der Waals surface area contributed by atoms with Crippen LogP contribution in [0.2, 0.25) is 0 Å². The molecule has 0 radical (unpaired) electrons. The zero-order chi connectivity index (χ0) is 11.3. The second-order valence-electron chi connectivity index (χ2n) is 4.01. The number of aliphatic carboxylic acids is 1. The fourth-order valence-electron chi connectivity index (χ4n) is 1.46. The second-order valence-corrected chi connectivity index (χ2v) is 4.01. The van der Waals surface area contributed by atoms with Crippen LogP contribution in [0.5, 0.6) is 0 Å². The molecule has 0 amide bonds. The summed E-state index contributed by atoms with van der Waals surface area (Å²) in [4.78, 5) is 11.0. The van der Waals surface area contributed by atoms with Crippen molar-refractivity contribution < 1.29 is 24.1 Å². The van der Waals surface area contributed by atoms with Crippen molar-refractivity contribution in [1.82, 2.24) is 0 Å². The molecule has 2 unspecified atom stereocenters. The maximum Gasteiger partial charge on any atom is 0.338 e. The summed E-state index contributed by atoms with van der Waals surface area (Å²) in [5.74, 6) is -0.691. The van der Waals surface area contributed by atoms with Gasteiger partial charge in [0.15, 0.2) is 5.60 Å². The van der Waals surface area contributed by atoms with Gasteiger partial charge in [0.1, 0.15) is 0 Å². The van der Waals surface area contributed by atoms with Crippen molar-refractivity contribution in [2.45, 2.75) is 18.9 Å². The Balaban J connectivity index is 2.40. The van der Waals surface area contributed by atoms with Crippen molar-refractivity contribution in [3.63, 3.8) is 0 Å². The van der Waals surface area contributed by atoms with Crippen LogP contribution in [0.15, 0.2) is 0 Å². The number of rotatable bonds is 6. The van der Waals surface area contributed by atoms with E-state index in [0.29, 0.717) is 19.1 Å². The lowest BCUT2D eigenvalue weighted by atomic mass is 10.1. The van der Waals surface area contributed by atoms with Crippen molar-refractivity contribution in [3.8, 4) is 0 Å². The van der Waals surface area contributed by atoms with Gasteiger partial charge in [0.05, 0.1) is 19.8 Å². The van der Waals surface area contributed by atoms with Gasteiger partial charge in [-0.05, 0) is 13.3 Å². The summed E-state index contributed by atoms with van der Waals surface area (Å²) in [5, 5.41) is 9.00. The van der Waals surface area contributed by atoms with E-state index < -0.39 is 11.6 Å². The molecule has 0 saturated carbocycles. The van der Waals surface area contributed by atoms with E-state index >= 15 is 0 Å². The first-order chi connectivity index (χ1) is 7.08. The predicted octanol–water partition coefficient (Wildman–Crippen LogP) is 0.529. The van der Waals surface area contributed by atoms with E-state index in [1.807, 2.05) is 0 Å². The van der Waals surface area contributed by atoms with Crippen LogP contribution in [0.1, 0.15) is 13.3 Å². The Hall–Kier alpha value is -0.650. The van der Waals surface area contributed by atoms with Gasteiger partial charge in [-0.3, -0.25) is 0 Å². The molecular weight excluding hydrogens is 200 g/mol. The molecule has 1 aliphatic heterocycles.